The van der Waals surface area contributed by atoms with Crippen molar-refractivity contribution in [2.24, 2.45) is 0 Å². The van der Waals surface area contributed by atoms with Crippen molar-refractivity contribution < 1.29 is 21.4 Å². The molecular weight excluding hydrogens is 378 g/mol. The molecule has 24 heavy (non-hydrogen) atoms. The maximum atomic E-state index is 12.7. The zero-order valence-corrected chi connectivity index (χ0v) is 15.6. The molecule has 0 aliphatic rings. The average molecular weight is 394 g/mol. The summed E-state index contributed by atoms with van der Waals surface area (Å²) in [6.07, 6.45) is 1.54. The molecule has 0 aliphatic carbocycles. The molecule has 1 heterocycles. The van der Waals surface area contributed by atoms with E-state index >= 15 is 0 Å². The first-order valence-corrected chi connectivity index (χ1v) is 10.5. The maximum absolute atomic E-state index is 12.7. The summed E-state index contributed by atoms with van der Waals surface area (Å²) in [6, 6.07) is 3.53. The molecule has 2 rings (SSSR count). The Bertz CT molecular complexity index is 954. The van der Waals surface area contributed by atoms with E-state index < -0.39 is 19.9 Å². The Morgan fingerprint density at radius 1 is 1.25 bits per heavy atom. The molecule has 0 fully saturated rings. The van der Waals surface area contributed by atoms with Crippen LogP contribution in [0.2, 0.25) is 5.02 Å². The monoisotopic (exact) mass is 393 g/mol. The van der Waals surface area contributed by atoms with Gasteiger partial charge in [-0.25, -0.2) is 16.8 Å². The fourth-order valence-electron chi connectivity index (χ4n) is 1.85. The number of hydrogen-bond acceptors (Lipinski definition) is 7. The molecule has 8 nitrogen and oxygen atoms in total. The van der Waals surface area contributed by atoms with Crippen LogP contribution in [0.4, 0.5) is 0 Å². The van der Waals surface area contributed by atoms with Crippen LogP contribution in [-0.4, -0.2) is 44.6 Å². The van der Waals surface area contributed by atoms with Gasteiger partial charge in [0.05, 0.1) is 16.5 Å². The second-order valence-electron chi connectivity index (χ2n) is 5.08. The molecule has 1 aromatic heterocycles. The average Bonchev–Trinajstić information content (AvgIpc) is 2.93. The van der Waals surface area contributed by atoms with Crippen molar-refractivity contribution in [1.29, 1.82) is 0 Å². The SMILES string of the molecule is CCc1noc(CN(C)S(=O)(=O)c2cc(S(C)(=O)=O)ccc2Cl)n1. The predicted molar refractivity (Wildman–Crippen MR) is 86.9 cm³/mol. The Kier molecular flexibility index (Phi) is 5.33. The molecule has 0 spiro atoms. The number of rotatable bonds is 6. The molecule has 1 aromatic carbocycles. The first kappa shape index (κ1) is 18.8. The Labute approximate surface area is 145 Å². The lowest BCUT2D eigenvalue weighted by Crippen LogP contribution is -2.27. The zero-order chi connectivity index (χ0) is 18.1. The molecule has 0 bridgehead atoms. The smallest absolute Gasteiger partial charge is 0.244 e. The number of halogens is 1. The molecule has 0 N–H and O–H groups in total. The van der Waals surface area contributed by atoms with Crippen molar-refractivity contribution in [2.75, 3.05) is 13.3 Å². The van der Waals surface area contributed by atoms with Crippen LogP contribution in [0.5, 0.6) is 0 Å². The maximum Gasteiger partial charge on any atom is 0.244 e. The quantitative estimate of drug-likeness (QED) is 0.731. The van der Waals surface area contributed by atoms with Crippen molar-refractivity contribution >= 4 is 31.5 Å². The van der Waals surface area contributed by atoms with E-state index in [1.54, 1.807) is 0 Å². The van der Waals surface area contributed by atoms with Crippen molar-refractivity contribution in [3.05, 3.63) is 34.9 Å². The molecule has 0 unspecified atom stereocenters. The van der Waals surface area contributed by atoms with Gasteiger partial charge in [-0.05, 0) is 18.2 Å². The van der Waals surface area contributed by atoms with Gasteiger partial charge >= 0.3 is 0 Å². The highest BCUT2D eigenvalue weighted by Crippen LogP contribution is 2.27. The van der Waals surface area contributed by atoms with Gasteiger partial charge in [0.15, 0.2) is 15.7 Å². The second-order valence-corrected chi connectivity index (χ2v) is 9.52. The normalized spacial score (nSPS) is 12.7. The van der Waals surface area contributed by atoms with Gasteiger partial charge in [0, 0.05) is 19.7 Å². The lowest BCUT2D eigenvalue weighted by molar-refractivity contribution is 0.334. The van der Waals surface area contributed by atoms with Crippen LogP contribution in [0.3, 0.4) is 0 Å². The van der Waals surface area contributed by atoms with Gasteiger partial charge in [-0.2, -0.15) is 9.29 Å². The molecule has 0 atom stereocenters. The summed E-state index contributed by atoms with van der Waals surface area (Å²) in [5, 5.41) is 3.62. The highest BCUT2D eigenvalue weighted by Gasteiger charge is 2.27. The second kappa shape index (κ2) is 6.79. The number of aromatic nitrogens is 2. The first-order valence-electron chi connectivity index (χ1n) is 6.83. The fraction of sp³-hybridized carbons (Fsp3) is 0.385. The molecule has 0 aliphatic heterocycles. The van der Waals surface area contributed by atoms with E-state index in [9.17, 15) is 16.8 Å². The Hall–Kier alpha value is -1.49. The highest BCUT2D eigenvalue weighted by molar-refractivity contribution is 7.91. The Morgan fingerprint density at radius 3 is 2.46 bits per heavy atom. The summed E-state index contributed by atoms with van der Waals surface area (Å²) in [6.45, 7) is 1.68. The largest absolute Gasteiger partial charge is 0.338 e. The van der Waals surface area contributed by atoms with E-state index in [-0.39, 0.29) is 27.2 Å². The minimum Gasteiger partial charge on any atom is -0.338 e. The third-order valence-corrected chi connectivity index (χ3v) is 6.60. The third kappa shape index (κ3) is 3.94. The molecule has 11 heteroatoms. The van der Waals surface area contributed by atoms with Gasteiger partial charge in [0.1, 0.15) is 4.90 Å². The lowest BCUT2D eigenvalue weighted by atomic mass is 10.4. The van der Waals surface area contributed by atoms with Crippen LogP contribution in [0.15, 0.2) is 32.5 Å². The molecule has 132 valence electrons. The minimum absolute atomic E-state index is 0.0750. The van der Waals surface area contributed by atoms with E-state index in [1.165, 1.54) is 19.2 Å². The van der Waals surface area contributed by atoms with Gasteiger partial charge in [0.2, 0.25) is 15.9 Å². The van der Waals surface area contributed by atoms with Crippen LogP contribution in [0, 0.1) is 0 Å². The van der Waals surface area contributed by atoms with Crippen LogP contribution >= 0.6 is 11.6 Å². The van der Waals surface area contributed by atoms with Crippen molar-refractivity contribution in [3.63, 3.8) is 0 Å². The van der Waals surface area contributed by atoms with Gasteiger partial charge in [-0.1, -0.05) is 23.7 Å². The summed E-state index contributed by atoms with van der Waals surface area (Å²) < 4.78 is 54.5. The minimum atomic E-state index is -4.04. The number of sulfonamides is 1. The third-order valence-electron chi connectivity index (χ3n) is 3.20. The molecular formula is C13H16ClN3O5S2. The standard InChI is InChI=1S/C13H16ClN3O5S2/c1-4-12-15-13(22-16-12)8-17(2)24(20,21)11-7-9(23(3,18)19)5-6-10(11)14/h5-7H,4,8H2,1-3H3. The fourth-order valence-corrected chi connectivity index (χ4v) is 4.19. The lowest BCUT2D eigenvalue weighted by Gasteiger charge is -2.16. The number of nitrogens with zero attached hydrogens (tertiary/aromatic N) is 3. The molecule has 0 radical (unpaired) electrons. The van der Waals surface area contributed by atoms with E-state index in [0.29, 0.717) is 12.2 Å². The molecule has 0 saturated heterocycles. The van der Waals surface area contributed by atoms with Crippen LogP contribution in [0.1, 0.15) is 18.6 Å². The van der Waals surface area contributed by atoms with Crippen LogP contribution in [-0.2, 0) is 32.8 Å². The summed E-state index contributed by atoms with van der Waals surface area (Å²) in [7, 11) is -6.29. The van der Waals surface area contributed by atoms with E-state index in [0.717, 1.165) is 16.6 Å². The van der Waals surface area contributed by atoms with E-state index in [2.05, 4.69) is 10.1 Å². The van der Waals surface area contributed by atoms with Crippen molar-refractivity contribution in [3.8, 4) is 0 Å². The summed E-state index contributed by atoms with van der Waals surface area (Å²) in [5.41, 5.74) is 0. The highest BCUT2D eigenvalue weighted by atomic mass is 35.5. The summed E-state index contributed by atoms with van der Waals surface area (Å²) in [5.74, 6) is 0.598. The zero-order valence-electron chi connectivity index (χ0n) is 13.2. The first-order chi connectivity index (χ1) is 11.1. The number of benzene rings is 1. The van der Waals surface area contributed by atoms with E-state index in [1.807, 2.05) is 6.92 Å². The van der Waals surface area contributed by atoms with Gasteiger partial charge in [-0.3, -0.25) is 0 Å². The Balaban J connectivity index is 2.38. The molecule has 0 amide bonds. The number of hydrogen-bond donors (Lipinski definition) is 0. The van der Waals surface area contributed by atoms with Crippen LogP contribution in [0.25, 0.3) is 0 Å². The Morgan fingerprint density at radius 2 is 1.92 bits per heavy atom. The topological polar surface area (TPSA) is 110 Å². The van der Waals surface area contributed by atoms with E-state index in [4.69, 9.17) is 16.1 Å². The summed E-state index contributed by atoms with van der Waals surface area (Å²) >= 11 is 5.95. The number of aryl methyl sites for hydroxylation is 1. The summed E-state index contributed by atoms with van der Waals surface area (Å²) in [4.78, 5) is 3.61. The van der Waals surface area contributed by atoms with Gasteiger partial charge in [0.25, 0.3) is 0 Å². The van der Waals surface area contributed by atoms with Crippen molar-refractivity contribution in [2.45, 2.75) is 29.7 Å². The van der Waals surface area contributed by atoms with Gasteiger partial charge in [-0.15, -0.1) is 0 Å². The molecule has 0 saturated carbocycles. The number of sulfone groups is 1. The van der Waals surface area contributed by atoms with Gasteiger partial charge < -0.3 is 4.52 Å². The van der Waals surface area contributed by atoms with Crippen molar-refractivity contribution in [1.82, 2.24) is 14.4 Å². The predicted octanol–water partition coefficient (Wildman–Crippen LogP) is 1.51. The molecule has 2 aromatic rings. The van der Waals surface area contributed by atoms with Crippen LogP contribution < -0.4 is 0 Å².